The van der Waals surface area contributed by atoms with Crippen LogP contribution in [0.1, 0.15) is 13.3 Å². The number of anilines is 1. The molecule has 0 atom stereocenters. The molecule has 0 spiro atoms. The summed E-state index contributed by atoms with van der Waals surface area (Å²) in [6.45, 7) is 4.96. The molecule has 0 radical (unpaired) electrons. The minimum Gasteiger partial charge on any atom is -0.492 e. The maximum absolute atomic E-state index is 5.78. The van der Waals surface area contributed by atoms with E-state index in [1.807, 2.05) is 13.0 Å². The molecule has 0 fully saturated rings. The quantitative estimate of drug-likeness (QED) is 0.520. The van der Waals surface area contributed by atoms with Crippen LogP contribution in [0.15, 0.2) is 18.2 Å². The molecular formula is C14H23NO4. The highest BCUT2D eigenvalue weighted by atomic mass is 16.5. The van der Waals surface area contributed by atoms with E-state index >= 15 is 0 Å². The van der Waals surface area contributed by atoms with Crippen molar-refractivity contribution >= 4 is 5.69 Å². The van der Waals surface area contributed by atoms with Crippen molar-refractivity contribution in [1.82, 2.24) is 0 Å². The molecule has 1 aromatic carbocycles. The lowest BCUT2D eigenvalue weighted by Gasteiger charge is -2.11. The Labute approximate surface area is 114 Å². The van der Waals surface area contributed by atoms with Crippen molar-refractivity contribution in [1.29, 1.82) is 0 Å². The third-order valence-corrected chi connectivity index (χ3v) is 2.42. The smallest absolute Gasteiger partial charge is 0.145 e. The van der Waals surface area contributed by atoms with Crippen LogP contribution in [0.4, 0.5) is 5.69 Å². The minimum atomic E-state index is 0.502. The number of ether oxygens (including phenoxy) is 4. The van der Waals surface area contributed by atoms with E-state index in [2.05, 4.69) is 0 Å². The molecule has 108 valence electrons. The molecule has 0 aliphatic carbocycles. The van der Waals surface area contributed by atoms with Gasteiger partial charge in [0.25, 0.3) is 0 Å². The summed E-state index contributed by atoms with van der Waals surface area (Å²) in [6.07, 6.45) is 0.896. The molecule has 19 heavy (non-hydrogen) atoms. The van der Waals surface area contributed by atoms with Gasteiger partial charge in [-0.1, -0.05) is 0 Å². The van der Waals surface area contributed by atoms with E-state index in [4.69, 9.17) is 24.7 Å². The molecule has 0 saturated carbocycles. The van der Waals surface area contributed by atoms with Gasteiger partial charge in [-0.3, -0.25) is 0 Å². The van der Waals surface area contributed by atoms with Crippen molar-refractivity contribution in [2.75, 3.05) is 45.9 Å². The van der Waals surface area contributed by atoms with E-state index in [0.717, 1.165) is 18.8 Å². The standard InChI is InChI=1S/C14H23NO4/c1-3-18-14-11-12(5-6-13(14)15)19-10-9-17-8-4-7-16-2/h5-6,11H,3-4,7-10,15H2,1-2H3. The molecule has 0 bridgehead atoms. The van der Waals surface area contributed by atoms with Gasteiger partial charge in [0.15, 0.2) is 0 Å². The van der Waals surface area contributed by atoms with Gasteiger partial charge in [-0.2, -0.15) is 0 Å². The third kappa shape index (κ3) is 6.31. The number of methoxy groups -OCH3 is 1. The van der Waals surface area contributed by atoms with Gasteiger partial charge in [0, 0.05) is 26.4 Å². The molecule has 2 N–H and O–H groups in total. The van der Waals surface area contributed by atoms with Crippen LogP contribution in [0.3, 0.4) is 0 Å². The second-order valence-electron chi connectivity index (χ2n) is 3.94. The first-order chi connectivity index (χ1) is 9.27. The Hall–Kier alpha value is -1.46. The lowest BCUT2D eigenvalue weighted by atomic mass is 10.3. The number of benzene rings is 1. The predicted molar refractivity (Wildman–Crippen MR) is 74.8 cm³/mol. The second kappa shape index (κ2) is 9.47. The SMILES string of the molecule is CCOc1cc(OCCOCCCOC)ccc1N. The zero-order valence-electron chi connectivity index (χ0n) is 11.7. The lowest BCUT2D eigenvalue weighted by Crippen LogP contribution is -2.08. The molecule has 0 saturated heterocycles. The molecule has 1 aromatic rings. The summed E-state index contributed by atoms with van der Waals surface area (Å²) in [6, 6.07) is 5.40. The van der Waals surface area contributed by atoms with E-state index in [1.165, 1.54) is 0 Å². The van der Waals surface area contributed by atoms with Crippen LogP contribution >= 0.6 is 0 Å². The van der Waals surface area contributed by atoms with Gasteiger partial charge < -0.3 is 24.7 Å². The van der Waals surface area contributed by atoms with Crippen LogP contribution < -0.4 is 15.2 Å². The van der Waals surface area contributed by atoms with Crippen molar-refractivity contribution in [3.8, 4) is 11.5 Å². The van der Waals surface area contributed by atoms with E-state index in [0.29, 0.717) is 37.9 Å². The molecule has 0 aliphatic rings. The number of hydrogen-bond donors (Lipinski definition) is 1. The summed E-state index contributed by atoms with van der Waals surface area (Å²) in [5.74, 6) is 1.39. The molecule has 0 unspecified atom stereocenters. The van der Waals surface area contributed by atoms with E-state index < -0.39 is 0 Å². The van der Waals surface area contributed by atoms with Crippen LogP contribution in [0, 0.1) is 0 Å². The van der Waals surface area contributed by atoms with E-state index in [9.17, 15) is 0 Å². The summed E-state index contributed by atoms with van der Waals surface area (Å²) in [7, 11) is 1.68. The number of rotatable bonds is 10. The number of hydrogen-bond acceptors (Lipinski definition) is 5. The van der Waals surface area contributed by atoms with Gasteiger partial charge in [-0.15, -0.1) is 0 Å². The maximum atomic E-state index is 5.78. The van der Waals surface area contributed by atoms with Gasteiger partial charge >= 0.3 is 0 Å². The Morgan fingerprint density at radius 2 is 1.89 bits per heavy atom. The monoisotopic (exact) mass is 269 g/mol. The molecule has 0 heterocycles. The van der Waals surface area contributed by atoms with E-state index in [-0.39, 0.29) is 0 Å². The number of nitrogen functional groups attached to an aromatic ring is 1. The Balaban J connectivity index is 2.23. The van der Waals surface area contributed by atoms with Crippen LogP contribution in [0.25, 0.3) is 0 Å². The second-order valence-corrected chi connectivity index (χ2v) is 3.94. The molecule has 0 amide bonds. The average Bonchev–Trinajstić information content (AvgIpc) is 2.41. The zero-order chi connectivity index (χ0) is 13.9. The third-order valence-electron chi connectivity index (χ3n) is 2.42. The molecule has 5 heteroatoms. The Kier molecular flexibility index (Phi) is 7.77. The average molecular weight is 269 g/mol. The topological polar surface area (TPSA) is 62.9 Å². The van der Waals surface area contributed by atoms with Gasteiger partial charge in [-0.05, 0) is 25.5 Å². The van der Waals surface area contributed by atoms with Crippen molar-refractivity contribution in [3.63, 3.8) is 0 Å². The van der Waals surface area contributed by atoms with Gasteiger partial charge in [-0.25, -0.2) is 0 Å². The first-order valence-electron chi connectivity index (χ1n) is 6.49. The molecule has 5 nitrogen and oxygen atoms in total. The number of nitrogens with two attached hydrogens (primary N) is 1. The van der Waals surface area contributed by atoms with Gasteiger partial charge in [0.05, 0.1) is 18.9 Å². The molecule has 1 rings (SSSR count). The Morgan fingerprint density at radius 1 is 1.05 bits per heavy atom. The summed E-state index contributed by atoms with van der Waals surface area (Å²) >= 11 is 0. The zero-order valence-corrected chi connectivity index (χ0v) is 11.7. The normalized spacial score (nSPS) is 10.4. The fourth-order valence-corrected chi connectivity index (χ4v) is 1.51. The maximum Gasteiger partial charge on any atom is 0.145 e. The fraction of sp³-hybridized carbons (Fsp3) is 0.571. The lowest BCUT2D eigenvalue weighted by molar-refractivity contribution is 0.0806. The summed E-state index contributed by atoms with van der Waals surface area (Å²) in [5, 5.41) is 0. The van der Waals surface area contributed by atoms with Gasteiger partial charge in [0.1, 0.15) is 18.1 Å². The highest BCUT2D eigenvalue weighted by Gasteiger charge is 2.02. The Morgan fingerprint density at radius 3 is 2.63 bits per heavy atom. The van der Waals surface area contributed by atoms with Crippen LogP contribution in [0.5, 0.6) is 11.5 Å². The summed E-state index contributed by atoms with van der Waals surface area (Å²) in [5.41, 5.74) is 6.40. The summed E-state index contributed by atoms with van der Waals surface area (Å²) in [4.78, 5) is 0. The highest BCUT2D eigenvalue weighted by Crippen LogP contribution is 2.26. The largest absolute Gasteiger partial charge is 0.492 e. The summed E-state index contributed by atoms with van der Waals surface area (Å²) < 4.78 is 21.3. The van der Waals surface area contributed by atoms with Gasteiger partial charge in [0.2, 0.25) is 0 Å². The van der Waals surface area contributed by atoms with Crippen molar-refractivity contribution in [2.45, 2.75) is 13.3 Å². The van der Waals surface area contributed by atoms with Crippen molar-refractivity contribution in [2.24, 2.45) is 0 Å². The fourth-order valence-electron chi connectivity index (χ4n) is 1.51. The molecule has 0 aliphatic heterocycles. The predicted octanol–water partition coefficient (Wildman–Crippen LogP) is 2.10. The van der Waals surface area contributed by atoms with Crippen molar-refractivity contribution < 1.29 is 18.9 Å². The Bertz CT molecular complexity index is 357. The highest BCUT2D eigenvalue weighted by molar-refractivity contribution is 5.55. The first-order valence-corrected chi connectivity index (χ1v) is 6.49. The molecule has 0 aromatic heterocycles. The van der Waals surface area contributed by atoms with Crippen LogP contribution in [0.2, 0.25) is 0 Å². The minimum absolute atomic E-state index is 0.502. The molecular weight excluding hydrogens is 246 g/mol. The van der Waals surface area contributed by atoms with Crippen LogP contribution in [-0.4, -0.2) is 40.1 Å². The first kappa shape index (κ1) is 15.6. The van der Waals surface area contributed by atoms with Crippen molar-refractivity contribution in [3.05, 3.63) is 18.2 Å². The van der Waals surface area contributed by atoms with E-state index in [1.54, 1.807) is 19.2 Å². The van der Waals surface area contributed by atoms with Crippen LogP contribution in [-0.2, 0) is 9.47 Å².